The van der Waals surface area contributed by atoms with Gasteiger partial charge in [-0.05, 0) is 0 Å². The lowest BCUT2D eigenvalue weighted by Crippen LogP contribution is -2.36. The molecule has 0 aliphatic carbocycles. The van der Waals surface area contributed by atoms with Gasteiger partial charge < -0.3 is 0 Å². The maximum atomic E-state index is 5.73. The molecule has 76 valence electrons. The Balaban J connectivity index is 2.31. The number of fused-ring (bicyclic) bond motifs is 1. The Morgan fingerprint density at radius 1 is 1.50 bits per heavy atom. The molecule has 2 N–H and O–H groups in total. The van der Waals surface area contributed by atoms with Crippen LogP contribution in [-0.4, -0.2) is 21.5 Å². The monoisotopic (exact) mass is 192 g/mol. The molecule has 14 heavy (non-hydrogen) atoms. The Morgan fingerprint density at radius 3 is 3.00 bits per heavy atom. The Kier molecular flexibility index (Phi) is 2.48. The van der Waals surface area contributed by atoms with E-state index in [2.05, 4.69) is 23.8 Å². The van der Waals surface area contributed by atoms with Crippen molar-refractivity contribution in [1.82, 2.24) is 15.0 Å². The second kappa shape index (κ2) is 3.63. The van der Waals surface area contributed by atoms with E-state index in [0.717, 1.165) is 25.3 Å². The highest BCUT2D eigenvalue weighted by atomic mass is 15.4. The first-order valence-electron chi connectivity index (χ1n) is 5.01. The third kappa shape index (κ3) is 1.76. The Morgan fingerprint density at radius 2 is 2.29 bits per heavy atom. The average Bonchev–Trinajstić information content (AvgIpc) is 2.16. The van der Waals surface area contributed by atoms with Crippen molar-refractivity contribution in [1.29, 1.82) is 0 Å². The van der Waals surface area contributed by atoms with E-state index in [1.807, 2.05) is 6.20 Å². The van der Waals surface area contributed by atoms with E-state index >= 15 is 0 Å². The summed E-state index contributed by atoms with van der Waals surface area (Å²) >= 11 is 0. The van der Waals surface area contributed by atoms with Gasteiger partial charge in [0.05, 0.1) is 0 Å². The van der Waals surface area contributed by atoms with Gasteiger partial charge >= 0.3 is 0 Å². The molecule has 0 amide bonds. The number of hydrazine groups is 1. The Labute approximate surface area is 84.1 Å². The summed E-state index contributed by atoms with van der Waals surface area (Å²) in [4.78, 5) is 8.89. The van der Waals surface area contributed by atoms with Crippen molar-refractivity contribution in [3.05, 3.63) is 23.3 Å². The average molecular weight is 192 g/mol. The molecule has 0 saturated carbocycles. The maximum absolute atomic E-state index is 5.73. The molecule has 2 heterocycles. The standard InChI is InChI=1S/C10H16N4/c1-7(2)10-12-5-8-6-14(11)4-3-9(8)13-10/h5,7H,3-4,6,11H2,1-2H3. The van der Waals surface area contributed by atoms with Crippen LogP contribution in [0.15, 0.2) is 6.20 Å². The zero-order valence-corrected chi connectivity index (χ0v) is 8.70. The van der Waals surface area contributed by atoms with Crippen LogP contribution in [0.2, 0.25) is 0 Å². The Hall–Kier alpha value is -1.00. The van der Waals surface area contributed by atoms with Gasteiger partial charge in [-0.3, -0.25) is 5.84 Å². The highest BCUT2D eigenvalue weighted by molar-refractivity contribution is 5.20. The molecule has 0 aromatic carbocycles. The van der Waals surface area contributed by atoms with Crippen molar-refractivity contribution in [2.24, 2.45) is 5.84 Å². The highest BCUT2D eigenvalue weighted by Crippen LogP contribution is 2.16. The van der Waals surface area contributed by atoms with Gasteiger partial charge in [0, 0.05) is 42.9 Å². The van der Waals surface area contributed by atoms with E-state index < -0.39 is 0 Å². The first-order valence-corrected chi connectivity index (χ1v) is 5.01. The van der Waals surface area contributed by atoms with E-state index in [0.29, 0.717) is 5.92 Å². The number of nitrogens with two attached hydrogens (primary N) is 1. The van der Waals surface area contributed by atoms with Gasteiger partial charge in [-0.2, -0.15) is 0 Å². The summed E-state index contributed by atoms with van der Waals surface area (Å²) < 4.78 is 0. The molecule has 0 atom stereocenters. The highest BCUT2D eigenvalue weighted by Gasteiger charge is 2.16. The summed E-state index contributed by atoms with van der Waals surface area (Å²) in [6.45, 7) is 5.88. The molecule has 0 bridgehead atoms. The van der Waals surface area contributed by atoms with E-state index in [4.69, 9.17) is 5.84 Å². The van der Waals surface area contributed by atoms with Crippen molar-refractivity contribution in [3.8, 4) is 0 Å². The van der Waals surface area contributed by atoms with Crippen LogP contribution >= 0.6 is 0 Å². The van der Waals surface area contributed by atoms with Crippen molar-refractivity contribution in [2.75, 3.05) is 6.54 Å². The van der Waals surface area contributed by atoms with Gasteiger partial charge in [0.1, 0.15) is 5.82 Å². The lowest BCUT2D eigenvalue weighted by Gasteiger charge is -2.23. The molecular weight excluding hydrogens is 176 g/mol. The fourth-order valence-electron chi connectivity index (χ4n) is 1.63. The number of hydrogen-bond acceptors (Lipinski definition) is 4. The fourth-order valence-corrected chi connectivity index (χ4v) is 1.63. The predicted octanol–water partition coefficient (Wildman–Crippen LogP) is 0.832. The van der Waals surface area contributed by atoms with Gasteiger partial charge in [-0.25, -0.2) is 15.0 Å². The molecule has 0 spiro atoms. The molecule has 0 unspecified atom stereocenters. The molecule has 2 rings (SSSR count). The van der Waals surface area contributed by atoms with Crippen LogP contribution in [-0.2, 0) is 13.0 Å². The molecule has 4 heteroatoms. The van der Waals surface area contributed by atoms with Gasteiger partial charge in [0.25, 0.3) is 0 Å². The predicted molar refractivity (Wildman–Crippen MR) is 54.4 cm³/mol. The van der Waals surface area contributed by atoms with Crippen LogP contribution in [0.5, 0.6) is 0 Å². The molecule has 0 fully saturated rings. The second-order valence-electron chi connectivity index (χ2n) is 4.08. The topological polar surface area (TPSA) is 55.0 Å². The molecule has 1 aliphatic rings. The van der Waals surface area contributed by atoms with Crippen molar-refractivity contribution in [2.45, 2.75) is 32.7 Å². The third-order valence-corrected chi connectivity index (χ3v) is 2.50. The van der Waals surface area contributed by atoms with Crippen molar-refractivity contribution < 1.29 is 0 Å². The van der Waals surface area contributed by atoms with Gasteiger partial charge in [-0.1, -0.05) is 13.8 Å². The van der Waals surface area contributed by atoms with Crippen LogP contribution in [0, 0.1) is 0 Å². The zero-order chi connectivity index (χ0) is 10.1. The van der Waals surface area contributed by atoms with Crippen molar-refractivity contribution in [3.63, 3.8) is 0 Å². The first kappa shape index (κ1) is 9.55. The third-order valence-electron chi connectivity index (χ3n) is 2.50. The van der Waals surface area contributed by atoms with Gasteiger partial charge in [0.2, 0.25) is 0 Å². The molecule has 0 radical (unpaired) electrons. The summed E-state index contributed by atoms with van der Waals surface area (Å²) in [5.74, 6) is 7.06. The van der Waals surface area contributed by atoms with E-state index in [-0.39, 0.29) is 0 Å². The summed E-state index contributed by atoms with van der Waals surface area (Å²) in [5.41, 5.74) is 2.34. The minimum Gasteiger partial charge on any atom is -0.268 e. The Bertz CT molecular complexity index is 335. The summed E-state index contributed by atoms with van der Waals surface area (Å²) in [6, 6.07) is 0. The molecule has 1 aromatic heterocycles. The summed E-state index contributed by atoms with van der Waals surface area (Å²) in [6.07, 6.45) is 2.85. The molecular formula is C10H16N4. The van der Waals surface area contributed by atoms with Crippen LogP contribution in [0.1, 0.15) is 36.8 Å². The van der Waals surface area contributed by atoms with E-state index in [1.165, 1.54) is 11.3 Å². The molecule has 4 nitrogen and oxygen atoms in total. The number of nitrogens with zero attached hydrogens (tertiary/aromatic N) is 3. The van der Waals surface area contributed by atoms with Crippen LogP contribution in [0.4, 0.5) is 0 Å². The first-order chi connectivity index (χ1) is 6.66. The molecule has 1 aliphatic heterocycles. The van der Waals surface area contributed by atoms with E-state index in [1.54, 1.807) is 5.01 Å². The maximum Gasteiger partial charge on any atom is 0.131 e. The fraction of sp³-hybridized carbons (Fsp3) is 0.600. The summed E-state index contributed by atoms with van der Waals surface area (Å²) in [5, 5.41) is 1.81. The van der Waals surface area contributed by atoms with Gasteiger partial charge in [0.15, 0.2) is 0 Å². The SMILES string of the molecule is CC(C)c1ncc2c(n1)CCN(N)C2. The minimum absolute atomic E-state index is 0.399. The summed E-state index contributed by atoms with van der Waals surface area (Å²) in [7, 11) is 0. The number of aromatic nitrogens is 2. The lowest BCUT2D eigenvalue weighted by molar-refractivity contribution is 0.259. The van der Waals surface area contributed by atoms with E-state index in [9.17, 15) is 0 Å². The smallest absolute Gasteiger partial charge is 0.131 e. The van der Waals surface area contributed by atoms with Crippen LogP contribution in [0.25, 0.3) is 0 Å². The number of hydrogen-bond donors (Lipinski definition) is 1. The van der Waals surface area contributed by atoms with Crippen molar-refractivity contribution >= 4 is 0 Å². The molecule has 0 saturated heterocycles. The lowest BCUT2D eigenvalue weighted by atomic mass is 10.1. The normalized spacial score (nSPS) is 17.1. The second-order valence-corrected chi connectivity index (χ2v) is 4.08. The number of rotatable bonds is 1. The largest absolute Gasteiger partial charge is 0.268 e. The molecule has 1 aromatic rings. The van der Waals surface area contributed by atoms with Crippen LogP contribution < -0.4 is 5.84 Å². The zero-order valence-electron chi connectivity index (χ0n) is 8.70. The quantitative estimate of drug-likeness (QED) is 0.670. The minimum atomic E-state index is 0.399. The van der Waals surface area contributed by atoms with Gasteiger partial charge in [-0.15, -0.1) is 0 Å². The van der Waals surface area contributed by atoms with Crippen LogP contribution in [0.3, 0.4) is 0 Å².